The van der Waals surface area contributed by atoms with Crippen molar-refractivity contribution in [2.75, 3.05) is 0 Å². The van der Waals surface area contributed by atoms with E-state index >= 15 is 0 Å². The summed E-state index contributed by atoms with van der Waals surface area (Å²) in [6.07, 6.45) is 3.32. The van der Waals surface area contributed by atoms with Gasteiger partial charge in [0.15, 0.2) is 23.0 Å². The Bertz CT molecular complexity index is 1000. The van der Waals surface area contributed by atoms with Gasteiger partial charge in [0, 0.05) is 17.0 Å². The molecule has 2 heterocycles. The van der Waals surface area contributed by atoms with Gasteiger partial charge in [-0.25, -0.2) is 4.98 Å². The van der Waals surface area contributed by atoms with E-state index in [1.807, 2.05) is 6.07 Å². The third-order valence-electron chi connectivity index (χ3n) is 4.85. The van der Waals surface area contributed by atoms with E-state index in [1.165, 1.54) is 12.1 Å². The van der Waals surface area contributed by atoms with Gasteiger partial charge in [0.1, 0.15) is 5.52 Å². The number of nitrogens with zero attached hydrogens (tertiary/aromatic N) is 1. The average molecular weight is 388 g/mol. The molecular weight excluding hydrogens is 370 g/mol. The fraction of sp³-hybridized carbons (Fsp3) is 0.316. The molecule has 1 aromatic carbocycles. The molecule has 0 unspecified atom stereocenters. The summed E-state index contributed by atoms with van der Waals surface area (Å²) in [6, 6.07) is 8.28. The van der Waals surface area contributed by atoms with E-state index in [9.17, 15) is 9.59 Å². The van der Waals surface area contributed by atoms with Gasteiger partial charge < -0.3 is 19.9 Å². The van der Waals surface area contributed by atoms with Gasteiger partial charge >= 0.3 is 0 Å². The van der Waals surface area contributed by atoms with Crippen LogP contribution in [0.5, 0.6) is 0 Å². The van der Waals surface area contributed by atoms with Crippen LogP contribution in [0.15, 0.2) is 39.2 Å². The maximum Gasteiger partial charge on any atom is 0.287 e. The minimum absolute atomic E-state index is 0.0279. The molecule has 0 radical (unpaired) electrons. The smallest absolute Gasteiger partial charge is 0.287 e. The summed E-state index contributed by atoms with van der Waals surface area (Å²) in [5, 5.41) is 3.57. The second kappa shape index (κ2) is 7.08. The normalized spacial score (nSPS) is 19.9. The Hall–Kier alpha value is -2.80. The van der Waals surface area contributed by atoms with Crippen molar-refractivity contribution in [2.24, 2.45) is 5.73 Å². The van der Waals surface area contributed by atoms with Gasteiger partial charge in [-0.1, -0.05) is 11.6 Å². The Morgan fingerprint density at radius 3 is 2.52 bits per heavy atom. The van der Waals surface area contributed by atoms with Crippen molar-refractivity contribution in [3.05, 3.63) is 52.8 Å². The Morgan fingerprint density at radius 2 is 1.81 bits per heavy atom. The highest BCUT2D eigenvalue weighted by Gasteiger charge is 2.27. The number of amides is 2. The van der Waals surface area contributed by atoms with Crippen LogP contribution in [-0.2, 0) is 0 Å². The topological polar surface area (TPSA) is 111 Å². The third kappa shape index (κ3) is 3.68. The van der Waals surface area contributed by atoms with Crippen molar-refractivity contribution in [3.8, 4) is 0 Å². The first-order valence-corrected chi connectivity index (χ1v) is 9.14. The van der Waals surface area contributed by atoms with Crippen LogP contribution in [0.25, 0.3) is 11.1 Å². The van der Waals surface area contributed by atoms with Gasteiger partial charge in [0.05, 0.1) is 0 Å². The number of halogens is 1. The molecule has 1 fully saturated rings. The number of nitrogens with one attached hydrogen (secondary N) is 1. The summed E-state index contributed by atoms with van der Waals surface area (Å²) in [7, 11) is 0. The summed E-state index contributed by atoms with van der Waals surface area (Å²) in [4.78, 5) is 27.9. The van der Waals surface area contributed by atoms with Gasteiger partial charge in [-0.3, -0.25) is 9.59 Å². The number of primary amides is 1. The van der Waals surface area contributed by atoms with Gasteiger partial charge in [-0.2, -0.15) is 0 Å². The SMILES string of the molecule is NC(=O)c1ccc(C(=O)NC2CCC(c3nc4cc(Cl)ccc4o3)CC2)o1. The first kappa shape index (κ1) is 17.6. The number of aromatic nitrogens is 1. The van der Waals surface area contributed by atoms with Crippen LogP contribution in [0.4, 0.5) is 0 Å². The molecule has 3 aromatic rings. The highest BCUT2D eigenvalue weighted by atomic mass is 35.5. The molecule has 0 atom stereocenters. The van der Waals surface area contributed by atoms with Gasteiger partial charge in [0.2, 0.25) is 0 Å². The number of carbonyl (C=O) groups is 2. The van der Waals surface area contributed by atoms with E-state index in [-0.39, 0.29) is 29.4 Å². The summed E-state index contributed by atoms with van der Waals surface area (Å²) < 4.78 is 11.0. The van der Waals surface area contributed by atoms with Crippen LogP contribution in [0, 0.1) is 0 Å². The quantitative estimate of drug-likeness (QED) is 0.710. The maximum absolute atomic E-state index is 12.2. The summed E-state index contributed by atoms with van der Waals surface area (Å²) in [5.74, 6) is -0.0538. The van der Waals surface area contributed by atoms with Crippen LogP contribution < -0.4 is 11.1 Å². The van der Waals surface area contributed by atoms with E-state index in [4.69, 9.17) is 26.2 Å². The molecule has 0 aliphatic heterocycles. The predicted octanol–water partition coefficient (Wildman–Crippen LogP) is 3.63. The second-order valence-corrected chi connectivity index (χ2v) is 7.15. The first-order valence-electron chi connectivity index (χ1n) is 8.76. The number of oxazole rings is 1. The molecule has 1 aliphatic rings. The standard InChI is InChI=1S/C19H18ClN3O4/c20-11-3-6-14-13(9-11)23-19(27-14)10-1-4-12(5-2-10)22-18(25)16-8-7-15(26-16)17(21)24/h3,6-10,12H,1-2,4-5H2,(H2,21,24)(H,22,25). The molecule has 1 aliphatic carbocycles. The van der Waals surface area contributed by atoms with E-state index in [1.54, 1.807) is 12.1 Å². The van der Waals surface area contributed by atoms with E-state index < -0.39 is 5.91 Å². The average Bonchev–Trinajstić information content (AvgIpc) is 3.29. The van der Waals surface area contributed by atoms with Crippen molar-refractivity contribution in [1.29, 1.82) is 0 Å². The first-order chi connectivity index (χ1) is 13.0. The Labute approximate surface area is 159 Å². The predicted molar refractivity (Wildman–Crippen MR) is 98.7 cm³/mol. The number of benzene rings is 1. The van der Waals surface area contributed by atoms with Gasteiger partial charge in [0.25, 0.3) is 11.8 Å². The molecule has 0 saturated heterocycles. The minimum Gasteiger partial charge on any atom is -0.446 e. The number of carbonyl (C=O) groups excluding carboxylic acids is 2. The fourth-order valence-corrected chi connectivity index (χ4v) is 3.59. The molecule has 8 heteroatoms. The second-order valence-electron chi connectivity index (χ2n) is 6.71. The molecule has 140 valence electrons. The van der Waals surface area contributed by atoms with E-state index in [0.29, 0.717) is 10.9 Å². The Kier molecular flexibility index (Phi) is 4.61. The monoisotopic (exact) mass is 387 g/mol. The lowest BCUT2D eigenvalue weighted by Crippen LogP contribution is -2.37. The number of nitrogens with two attached hydrogens (primary N) is 1. The van der Waals surface area contributed by atoms with Crippen molar-refractivity contribution in [2.45, 2.75) is 37.6 Å². The zero-order chi connectivity index (χ0) is 19.0. The molecular formula is C19H18ClN3O4. The molecule has 2 aromatic heterocycles. The molecule has 4 rings (SSSR count). The van der Waals surface area contributed by atoms with Crippen LogP contribution in [0.2, 0.25) is 5.02 Å². The third-order valence-corrected chi connectivity index (χ3v) is 5.09. The zero-order valence-corrected chi connectivity index (χ0v) is 15.2. The van der Waals surface area contributed by atoms with Crippen LogP contribution in [-0.4, -0.2) is 22.8 Å². The lowest BCUT2D eigenvalue weighted by Gasteiger charge is -2.27. The maximum atomic E-state index is 12.2. The van der Waals surface area contributed by atoms with E-state index in [0.717, 1.165) is 36.8 Å². The number of rotatable bonds is 4. The van der Waals surface area contributed by atoms with Crippen molar-refractivity contribution in [1.82, 2.24) is 10.3 Å². The molecule has 1 saturated carbocycles. The highest BCUT2D eigenvalue weighted by molar-refractivity contribution is 6.31. The van der Waals surface area contributed by atoms with E-state index in [2.05, 4.69) is 10.3 Å². The highest BCUT2D eigenvalue weighted by Crippen LogP contribution is 2.34. The molecule has 2 amide bonds. The molecule has 3 N–H and O–H groups in total. The lowest BCUT2D eigenvalue weighted by molar-refractivity contribution is 0.0890. The largest absolute Gasteiger partial charge is 0.446 e. The minimum atomic E-state index is -0.700. The molecule has 7 nitrogen and oxygen atoms in total. The summed E-state index contributed by atoms with van der Waals surface area (Å²) in [5.41, 5.74) is 6.62. The van der Waals surface area contributed by atoms with Crippen LogP contribution >= 0.6 is 11.6 Å². The molecule has 27 heavy (non-hydrogen) atoms. The number of hydrogen-bond acceptors (Lipinski definition) is 5. The molecule has 0 spiro atoms. The van der Waals surface area contributed by atoms with Crippen LogP contribution in [0.1, 0.15) is 58.6 Å². The molecule has 0 bridgehead atoms. The summed E-state index contributed by atoms with van der Waals surface area (Å²) in [6.45, 7) is 0. The van der Waals surface area contributed by atoms with Crippen molar-refractivity contribution < 1.29 is 18.4 Å². The lowest BCUT2D eigenvalue weighted by atomic mass is 9.86. The Balaban J connectivity index is 1.36. The zero-order valence-electron chi connectivity index (χ0n) is 14.4. The number of hydrogen-bond donors (Lipinski definition) is 2. The Morgan fingerprint density at radius 1 is 1.07 bits per heavy atom. The van der Waals surface area contributed by atoms with Crippen molar-refractivity contribution >= 4 is 34.5 Å². The fourth-order valence-electron chi connectivity index (χ4n) is 3.43. The van der Waals surface area contributed by atoms with Crippen molar-refractivity contribution in [3.63, 3.8) is 0 Å². The summed E-state index contributed by atoms with van der Waals surface area (Å²) >= 11 is 6.00. The number of fused-ring (bicyclic) bond motifs is 1. The number of furan rings is 1. The van der Waals surface area contributed by atoms with Gasteiger partial charge in [-0.15, -0.1) is 0 Å². The van der Waals surface area contributed by atoms with Gasteiger partial charge in [-0.05, 0) is 56.0 Å². The van der Waals surface area contributed by atoms with Crippen LogP contribution in [0.3, 0.4) is 0 Å².